The van der Waals surface area contributed by atoms with Gasteiger partial charge in [0.15, 0.2) is 8.32 Å². The van der Waals surface area contributed by atoms with Gasteiger partial charge in [0.2, 0.25) is 0 Å². The third-order valence-corrected chi connectivity index (χ3v) is 9.28. The third-order valence-electron chi connectivity index (χ3n) is 4.78. The molecule has 0 unspecified atom stereocenters. The molecule has 0 saturated carbocycles. The maximum Gasteiger partial charge on any atom is 0.311 e. The number of carbonyl (C=O) groups excluding carboxylic acids is 1. The first kappa shape index (κ1) is 20.6. The second kappa shape index (κ2) is 8.32. The van der Waals surface area contributed by atoms with Crippen LogP contribution in [-0.2, 0) is 14.0 Å². The van der Waals surface area contributed by atoms with E-state index in [2.05, 4.69) is 54.6 Å². The molecule has 2 atom stereocenters. The summed E-state index contributed by atoms with van der Waals surface area (Å²) in [7, 11) is -1.86. The van der Waals surface area contributed by atoms with Gasteiger partial charge in [0.25, 0.3) is 0 Å². The highest BCUT2D eigenvalue weighted by Crippen LogP contribution is 2.38. The zero-order valence-corrected chi connectivity index (χ0v) is 16.6. The second-order valence-electron chi connectivity index (χ2n) is 7.49. The quantitative estimate of drug-likeness (QED) is 0.458. The van der Waals surface area contributed by atoms with E-state index in [9.17, 15) is 4.79 Å². The van der Waals surface area contributed by atoms with Crippen LogP contribution >= 0.6 is 0 Å². The third kappa shape index (κ3) is 6.11. The molecule has 0 aliphatic rings. The van der Waals surface area contributed by atoms with E-state index in [1.54, 1.807) is 0 Å². The van der Waals surface area contributed by atoms with Crippen molar-refractivity contribution in [2.45, 2.75) is 98.1 Å². The molecule has 4 heteroatoms. The minimum atomic E-state index is -1.86. The Morgan fingerprint density at radius 1 is 1.05 bits per heavy atom. The van der Waals surface area contributed by atoms with Crippen LogP contribution in [0.4, 0.5) is 0 Å². The fraction of sp³-hybridized carbons (Fsp3) is 0.941. The number of carbonyl (C=O) groups is 1. The largest absolute Gasteiger partial charge is 0.462 e. The Morgan fingerprint density at radius 3 is 1.86 bits per heavy atom. The van der Waals surface area contributed by atoms with Gasteiger partial charge in [-0.1, -0.05) is 41.5 Å². The highest BCUT2D eigenvalue weighted by atomic mass is 28.4. The average Bonchev–Trinajstić information content (AvgIpc) is 2.39. The SMILES string of the molecule is CCC(CC)OC(=O)[C@@H](C)[C@@H](CC)O[Si](C)(C)C(C)(C)C. The fourth-order valence-corrected chi connectivity index (χ4v) is 3.45. The number of hydrogen-bond donors (Lipinski definition) is 0. The topological polar surface area (TPSA) is 35.5 Å². The fourth-order valence-electron chi connectivity index (χ4n) is 1.97. The van der Waals surface area contributed by atoms with E-state index in [1.807, 2.05) is 6.92 Å². The Labute approximate surface area is 132 Å². The minimum absolute atomic E-state index is 0.0327. The van der Waals surface area contributed by atoms with Crippen LogP contribution in [-0.4, -0.2) is 26.5 Å². The van der Waals surface area contributed by atoms with Gasteiger partial charge in [-0.25, -0.2) is 0 Å². The zero-order valence-electron chi connectivity index (χ0n) is 15.6. The van der Waals surface area contributed by atoms with Gasteiger partial charge in [0, 0.05) is 0 Å². The smallest absolute Gasteiger partial charge is 0.311 e. The van der Waals surface area contributed by atoms with Crippen molar-refractivity contribution in [1.29, 1.82) is 0 Å². The lowest BCUT2D eigenvalue weighted by Crippen LogP contribution is -2.46. The number of hydrogen-bond acceptors (Lipinski definition) is 3. The summed E-state index contributed by atoms with van der Waals surface area (Å²) in [6.07, 6.45) is 2.56. The van der Waals surface area contributed by atoms with Crippen molar-refractivity contribution in [1.82, 2.24) is 0 Å². The molecule has 0 saturated heterocycles. The van der Waals surface area contributed by atoms with E-state index in [4.69, 9.17) is 9.16 Å². The average molecular weight is 317 g/mol. The molecule has 126 valence electrons. The molecule has 0 aliphatic carbocycles. The molecule has 0 rings (SSSR count). The van der Waals surface area contributed by atoms with Gasteiger partial charge in [0.1, 0.15) is 6.10 Å². The molecule has 0 radical (unpaired) electrons. The first-order chi connectivity index (χ1) is 9.50. The zero-order chi connectivity index (χ0) is 16.8. The van der Waals surface area contributed by atoms with Crippen LogP contribution in [0.1, 0.15) is 67.7 Å². The Hall–Kier alpha value is -0.353. The molecule has 0 spiro atoms. The maximum atomic E-state index is 12.3. The summed E-state index contributed by atoms with van der Waals surface area (Å²) in [6.45, 7) is 19.2. The minimum Gasteiger partial charge on any atom is -0.462 e. The molecule has 3 nitrogen and oxygen atoms in total. The van der Waals surface area contributed by atoms with Crippen LogP contribution in [0.5, 0.6) is 0 Å². The van der Waals surface area contributed by atoms with E-state index in [0.29, 0.717) is 0 Å². The van der Waals surface area contributed by atoms with Crippen LogP contribution in [0, 0.1) is 5.92 Å². The number of ether oxygens (including phenoxy) is 1. The van der Waals surface area contributed by atoms with Crippen LogP contribution in [0.2, 0.25) is 18.1 Å². The van der Waals surface area contributed by atoms with Crippen LogP contribution in [0.15, 0.2) is 0 Å². The summed E-state index contributed by atoms with van der Waals surface area (Å²) in [5, 5.41) is 0.152. The van der Waals surface area contributed by atoms with E-state index in [0.717, 1.165) is 19.3 Å². The van der Waals surface area contributed by atoms with E-state index < -0.39 is 8.32 Å². The van der Waals surface area contributed by atoms with Gasteiger partial charge in [-0.05, 0) is 44.3 Å². The lowest BCUT2D eigenvalue weighted by atomic mass is 10.0. The molecule has 0 aromatic heterocycles. The summed E-state index contributed by atoms with van der Waals surface area (Å²) >= 11 is 0. The highest BCUT2D eigenvalue weighted by molar-refractivity contribution is 6.74. The van der Waals surface area contributed by atoms with Crippen molar-refractivity contribution in [2.24, 2.45) is 5.92 Å². The summed E-state index contributed by atoms with van der Waals surface area (Å²) in [4.78, 5) is 12.3. The van der Waals surface area contributed by atoms with Gasteiger partial charge in [-0.15, -0.1) is 0 Å². The van der Waals surface area contributed by atoms with E-state index in [-0.39, 0.29) is 29.1 Å². The Balaban J connectivity index is 4.84. The molecule has 21 heavy (non-hydrogen) atoms. The Morgan fingerprint density at radius 2 is 1.52 bits per heavy atom. The van der Waals surface area contributed by atoms with Gasteiger partial charge in [0.05, 0.1) is 12.0 Å². The molecule has 0 aromatic carbocycles. The molecule has 0 bridgehead atoms. The molecule has 0 amide bonds. The molecule has 0 N–H and O–H groups in total. The van der Waals surface area contributed by atoms with Crippen molar-refractivity contribution >= 4 is 14.3 Å². The molecule has 0 heterocycles. The maximum absolute atomic E-state index is 12.3. The van der Waals surface area contributed by atoms with Crippen molar-refractivity contribution in [2.75, 3.05) is 0 Å². The van der Waals surface area contributed by atoms with Gasteiger partial charge in [-0.2, -0.15) is 0 Å². The predicted octanol–water partition coefficient (Wildman–Crippen LogP) is 5.15. The summed E-state index contributed by atoms with van der Waals surface area (Å²) in [5.74, 6) is -0.320. The molecule has 0 fully saturated rings. The normalized spacial score (nSPS) is 15.9. The molecule has 0 aliphatic heterocycles. The van der Waals surface area contributed by atoms with Gasteiger partial charge >= 0.3 is 5.97 Å². The predicted molar refractivity (Wildman–Crippen MR) is 92.0 cm³/mol. The Bertz CT molecular complexity index is 316. The second-order valence-corrected chi connectivity index (χ2v) is 12.2. The monoisotopic (exact) mass is 316 g/mol. The van der Waals surface area contributed by atoms with Gasteiger partial charge in [-0.3, -0.25) is 4.79 Å². The van der Waals surface area contributed by atoms with Crippen LogP contribution in [0.25, 0.3) is 0 Å². The van der Waals surface area contributed by atoms with Crippen molar-refractivity contribution < 1.29 is 14.0 Å². The summed E-state index contributed by atoms with van der Waals surface area (Å²) < 4.78 is 12.0. The summed E-state index contributed by atoms with van der Waals surface area (Å²) in [5.41, 5.74) is 0. The lowest BCUT2D eigenvalue weighted by Gasteiger charge is -2.40. The highest BCUT2D eigenvalue weighted by Gasteiger charge is 2.41. The Kier molecular flexibility index (Phi) is 8.18. The number of esters is 1. The molecular weight excluding hydrogens is 280 g/mol. The molecular formula is C17H36O3Si. The van der Waals surface area contributed by atoms with Crippen LogP contribution in [0.3, 0.4) is 0 Å². The van der Waals surface area contributed by atoms with E-state index >= 15 is 0 Å². The van der Waals surface area contributed by atoms with Crippen LogP contribution < -0.4 is 0 Å². The van der Waals surface area contributed by atoms with E-state index in [1.165, 1.54) is 0 Å². The molecule has 0 aromatic rings. The van der Waals surface area contributed by atoms with Crippen molar-refractivity contribution in [3.8, 4) is 0 Å². The van der Waals surface area contributed by atoms with Gasteiger partial charge < -0.3 is 9.16 Å². The first-order valence-corrected chi connectivity index (χ1v) is 11.3. The van der Waals surface area contributed by atoms with Crippen molar-refractivity contribution in [3.05, 3.63) is 0 Å². The van der Waals surface area contributed by atoms with Crippen molar-refractivity contribution in [3.63, 3.8) is 0 Å². The lowest BCUT2D eigenvalue weighted by molar-refractivity contribution is -0.157. The standard InChI is InChI=1S/C17H36O3Si/c1-10-14(11-2)19-16(18)13(4)15(12-3)20-21(8,9)17(5,6)7/h13-15H,10-12H2,1-9H3/t13-,15+/m0/s1. The first-order valence-electron chi connectivity index (χ1n) is 8.38. The number of rotatable bonds is 8. The summed E-state index contributed by atoms with van der Waals surface area (Å²) in [6, 6.07) is 0.